The van der Waals surface area contributed by atoms with Crippen molar-refractivity contribution < 1.29 is 9.90 Å². The number of rotatable bonds is 3. The molecule has 0 unspecified atom stereocenters. The van der Waals surface area contributed by atoms with Crippen molar-refractivity contribution in [2.45, 2.75) is 6.42 Å². The number of aromatic amines is 1. The molecule has 0 aliphatic heterocycles. The van der Waals surface area contributed by atoms with Crippen molar-refractivity contribution >= 4 is 17.0 Å². The molecule has 0 bridgehead atoms. The molecule has 2 N–H and O–H groups in total. The highest BCUT2D eigenvalue weighted by Crippen LogP contribution is 2.15. The molecule has 0 spiro atoms. The van der Waals surface area contributed by atoms with Crippen LogP contribution in [-0.2, 0) is 6.42 Å². The monoisotopic (exact) mass is 253 g/mol. The lowest BCUT2D eigenvalue weighted by atomic mass is 10.2. The molecule has 19 heavy (non-hydrogen) atoms. The summed E-state index contributed by atoms with van der Waals surface area (Å²) in [7, 11) is 0. The van der Waals surface area contributed by atoms with Gasteiger partial charge < -0.3 is 10.1 Å². The van der Waals surface area contributed by atoms with Gasteiger partial charge in [-0.05, 0) is 30.3 Å². The first-order valence-corrected chi connectivity index (χ1v) is 5.84. The number of aromatic nitrogens is 3. The van der Waals surface area contributed by atoms with Crippen molar-refractivity contribution in [3.05, 3.63) is 59.7 Å². The summed E-state index contributed by atoms with van der Waals surface area (Å²) < 4.78 is 0. The first kappa shape index (κ1) is 11.4. The Morgan fingerprint density at radius 3 is 2.89 bits per heavy atom. The molecule has 0 amide bonds. The fraction of sp³-hybridized carbons (Fsp3) is 0.0714. The van der Waals surface area contributed by atoms with Crippen LogP contribution in [-0.4, -0.2) is 26.0 Å². The van der Waals surface area contributed by atoms with Gasteiger partial charge in [0, 0.05) is 18.3 Å². The zero-order valence-corrected chi connectivity index (χ0v) is 10.00. The molecule has 0 aliphatic rings. The second kappa shape index (κ2) is 4.53. The summed E-state index contributed by atoms with van der Waals surface area (Å²) in [5.41, 5.74) is 2.65. The molecule has 1 aromatic carbocycles. The van der Waals surface area contributed by atoms with Crippen LogP contribution in [0.1, 0.15) is 21.9 Å². The standard InChI is InChI=1S/C14H11N3O2/c18-14(19)9-4-5-11-12(7-9)17-13(16-11)8-10-3-1-2-6-15-10/h1-7H,8H2,(H,16,17)(H,18,19). The number of pyridine rings is 1. The van der Waals surface area contributed by atoms with Gasteiger partial charge in [-0.3, -0.25) is 4.98 Å². The molecule has 94 valence electrons. The molecule has 2 heterocycles. The number of fused-ring (bicyclic) bond motifs is 1. The maximum atomic E-state index is 10.9. The third-order valence-corrected chi connectivity index (χ3v) is 2.85. The second-order valence-corrected chi connectivity index (χ2v) is 4.22. The van der Waals surface area contributed by atoms with Gasteiger partial charge in [-0.2, -0.15) is 0 Å². The SMILES string of the molecule is O=C(O)c1ccc2nc(Cc3ccccn3)[nH]c2c1. The molecule has 3 aromatic rings. The van der Waals surface area contributed by atoms with Crippen LogP contribution in [0.25, 0.3) is 11.0 Å². The van der Waals surface area contributed by atoms with Crippen LogP contribution in [0, 0.1) is 0 Å². The van der Waals surface area contributed by atoms with E-state index in [4.69, 9.17) is 5.11 Å². The Morgan fingerprint density at radius 2 is 2.16 bits per heavy atom. The highest BCUT2D eigenvalue weighted by Gasteiger charge is 2.08. The molecular formula is C14H11N3O2. The van der Waals surface area contributed by atoms with Crippen LogP contribution in [0.2, 0.25) is 0 Å². The summed E-state index contributed by atoms with van der Waals surface area (Å²) >= 11 is 0. The number of aromatic carboxylic acids is 1. The molecule has 0 saturated heterocycles. The number of nitrogens with one attached hydrogen (secondary N) is 1. The minimum atomic E-state index is -0.942. The van der Waals surface area contributed by atoms with Crippen LogP contribution >= 0.6 is 0 Å². The van der Waals surface area contributed by atoms with Gasteiger partial charge in [-0.25, -0.2) is 9.78 Å². The number of H-pyrrole nitrogens is 1. The Morgan fingerprint density at radius 1 is 1.26 bits per heavy atom. The first-order valence-electron chi connectivity index (χ1n) is 5.84. The van der Waals surface area contributed by atoms with Crippen molar-refractivity contribution in [1.29, 1.82) is 0 Å². The van der Waals surface area contributed by atoms with Crippen LogP contribution in [0.15, 0.2) is 42.6 Å². The third-order valence-electron chi connectivity index (χ3n) is 2.85. The molecular weight excluding hydrogens is 242 g/mol. The Bertz CT molecular complexity index is 735. The molecule has 5 nitrogen and oxygen atoms in total. The van der Waals surface area contributed by atoms with E-state index in [9.17, 15) is 4.79 Å². The Balaban J connectivity index is 1.95. The molecule has 3 rings (SSSR count). The minimum absolute atomic E-state index is 0.250. The molecule has 0 atom stereocenters. The molecule has 0 saturated carbocycles. The smallest absolute Gasteiger partial charge is 0.335 e. The van der Waals surface area contributed by atoms with Crippen LogP contribution in [0.3, 0.4) is 0 Å². The normalized spacial score (nSPS) is 10.7. The molecule has 0 fully saturated rings. The zero-order valence-electron chi connectivity index (χ0n) is 10.00. The first-order chi connectivity index (χ1) is 9.22. The lowest BCUT2D eigenvalue weighted by Gasteiger charge is -1.95. The number of nitrogens with zero attached hydrogens (tertiary/aromatic N) is 2. The summed E-state index contributed by atoms with van der Waals surface area (Å²) in [6.45, 7) is 0. The van der Waals surface area contributed by atoms with E-state index < -0.39 is 5.97 Å². The predicted octanol–water partition coefficient (Wildman–Crippen LogP) is 2.25. The van der Waals surface area contributed by atoms with Crippen molar-refractivity contribution in [2.75, 3.05) is 0 Å². The Kier molecular flexibility index (Phi) is 2.72. The summed E-state index contributed by atoms with van der Waals surface area (Å²) in [5, 5.41) is 8.94. The van der Waals surface area contributed by atoms with E-state index in [1.807, 2.05) is 18.2 Å². The van der Waals surface area contributed by atoms with E-state index >= 15 is 0 Å². The lowest BCUT2D eigenvalue weighted by Crippen LogP contribution is -1.94. The second-order valence-electron chi connectivity index (χ2n) is 4.22. The summed E-state index contributed by atoms with van der Waals surface area (Å²) in [4.78, 5) is 22.7. The topological polar surface area (TPSA) is 78.9 Å². The largest absolute Gasteiger partial charge is 0.478 e. The highest BCUT2D eigenvalue weighted by molar-refractivity contribution is 5.92. The van der Waals surface area contributed by atoms with E-state index in [2.05, 4.69) is 15.0 Å². The molecule has 2 aromatic heterocycles. The lowest BCUT2D eigenvalue weighted by molar-refractivity contribution is 0.0697. The fourth-order valence-electron chi connectivity index (χ4n) is 1.95. The number of carboxylic acid groups (broad SMARTS) is 1. The van der Waals surface area contributed by atoms with Crippen molar-refractivity contribution in [3.8, 4) is 0 Å². The van der Waals surface area contributed by atoms with Gasteiger partial charge >= 0.3 is 5.97 Å². The quantitative estimate of drug-likeness (QED) is 0.750. The maximum Gasteiger partial charge on any atom is 0.335 e. The molecule has 0 aliphatic carbocycles. The van der Waals surface area contributed by atoms with Gasteiger partial charge in [0.05, 0.1) is 16.6 Å². The van der Waals surface area contributed by atoms with Gasteiger partial charge in [0.2, 0.25) is 0 Å². The van der Waals surface area contributed by atoms with Crippen LogP contribution in [0.4, 0.5) is 0 Å². The number of benzene rings is 1. The van der Waals surface area contributed by atoms with Gasteiger partial charge in [0.15, 0.2) is 0 Å². The van der Waals surface area contributed by atoms with E-state index in [1.54, 1.807) is 24.4 Å². The van der Waals surface area contributed by atoms with Crippen molar-refractivity contribution in [3.63, 3.8) is 0 Å². The van der Waals surface area contributed by atoms with Gasteiger partial charge in [-0.15, -0.1) is 0 Å². The number of hydrogen-bond acceptors (Lipinski definition) is 3. The summed E-state index contributed by atoms with van der Waals surface area (Å²) in [5.74, 6) is -0.168. The van der Waals surface area contributed by atoms with Crippen LogP contribution < -0.4 is 0 Å². The van der Waals surface area contributed by atoms with E-state index in [0.29, 0.717) is 6.42 Å². The molecule has 0 radical (unpaired) electrons. The maximum absolute atomic E-state index is 10.9. The summed E-state index contributed by atoms with van der Waals surface area (Å²) in [6.07, 6.45) is 2.33. The van der Waals surface area contributed by atoms with Gasteiger partial charge in [0.1, 0.15) is 5.82 Å². The zero-order chi connectivity index (χ0) is 13.2. The molecule has 5 heteroatoms. The Hall–Kier alpha value is -2.69. The van der Waals surface area contributed by atoms with Crippen molar-refractivity contribution in [1.82, 2.24) is 15.0 Å². The minimum Gasteiger partial charge on any atom is -0.478 e. The number of carboxylic acids is 1. The number of hydrogen-bond donors (Lipinski definition) is 2. The number of imidazole rings is 1. The van der Waals surface area contributed by atoms with E-state index in [1.165, 1.54) is 0 Å². The average molecular weight is 253 g/mol. The van der Waals surface area contributed by atoms with E-state index in [0.717, 1.165) is 22.6 Å². The third kappa shape index (κ3) is 2.30. The van der Waals surface area contributed by atoms with Crippen molar-refractivity contribution in [2.24, 2.45) is 0 Å². The van der Waals surface area contributed by atoms with Gasteiger partial charge in [0.25, 0.3) is 0 Å². The van der Waals surface area contributed by atoms with Crippen LogP contribution in [0.5, 0.6) is 0 Å². The highest BCUT2D eigenvalue weighted by atomic mass is 16.4. The average Bonchev–Trinajstić information content (AvgIpc) is 2.80. The van der Waals surface area contributed by atoms with Gasteiger partial charge in [-0.1, -0.05) is 6.07 Å². The predicted molar refractivity (Wildman–Crippen MR) is 70.1 cm³/mol. The van der Waals surface area contributed by atoms with E-state index in [-0.39, 0.29) is 5.56 Å². The fourth-order valence-corrected chi connectivity index (χ4v) is 1.95. The summed E-state index contributed by atoms with van der Waals surface area (Å²) in [6, 6.07) is 10.6. The Labute approximate surface area is 109 Å². The number of carbonyl (C=O) groups is 1.